The van der Waals surface area contributed by atoms with Crippen molar-refractivity contribution >= 4 is 29.1 Å². The van der Waals surface area contributed by atoms with Crippen LogP contribution in [0, 0.1) is 11.3 Å². The Balaban J connectivity index is 1.92. The van der Waals surface area contributed by atoms with Gasteiger partial charge >= 0.3 is 5.97 Å². The summed E-state index contributed by atoms with van der Waals surface area (Å²) in [6.45, 7) is 5.71. The molecule has 6 nitrogen and oxygen atoms in total. The number of hydrogen-bond donors (Lipinski definition) is 1. The third-order valence-electron chi connectivity index (χ3n) is 6.91. The molecule has 0 bridgehead atoms. The predicted molar refractivity (Wildman–Crippen MR) is 120 cm³/mol. The molecule has 0 saturated carbocycles. The van der Waals surface area contributed by atoms with Crippen molar-refractivity contribution in [1.29, 1.82) is 0 Å². The number of carbonyl (C=O) groups excluding carboxylic acids is 4. The van der Waals surface area contributed by atoms with Crippen LogP contribution in [0.5, 0.6) is 0 Å². The Morgan fingerprint density at radius 1 is 0.970 bits per heavy atom. The van der Waals surface area contributed by atoms with Gasteiger partial charge in [0, 0.05) is 39.3 Å². The lowest BCUT2D eigenvalue weighted by molar-refractivity contribution is -0.137. The molecule has 0 fully saturated rings. The van der Waals surface area contributed by atoms with Crippen LogP contribution >= 0.6 is 0 Å². The second-order valence-corrected chi connectivity index (χ2v) is 8.59. The van der Waals surface area contributed by atoms with Crippen LogP contribution in [0.1, 0.15) is 50.0 Å². The second kappa shape index (κ2) is 6.97. The van der Waals surface area contributed by atoms with Crippen LogP contribution in [-0.4, -0.2) is 35.5 Å². The first kappa shape index (κ1) is 20.8. The van der Waals surface area contributed by atoms with Gasteiger partial charge in [0.2, 0.25) is 0 Å². The number of ether oxygens (including phenoxy) is 1. The molecule has 2 aromatic carbocycles. The minimum absolute atomic E-state index is 0.0642. The zero-order valence-electron chi connectivity index (χ0n) is 18.1. The van der Waals surface area contributed by atoms with Crippen LogP contribution in [0.3, 0.4) is 0 Å². The average Bonchev–Trinajstić information content (AvgIpc) is 3.18. The third kappa shape index (κ3) is 2.49. The van der Waals surface area contributed by atoms with E-state index in [0.717, 1.165) is 7.11 Å². The Bertz CT molecular complexity index is 1390. The van der Waals surface area contributed by atoms with Gasteiger partial charge < -0.3 is 9.84 Å². The molecule has 1 spiro atoms. The second-order valence-electron chi connectivity index (χ2n) is 8.59. The van der Waals surface area contributed by atoms with Gasteiger partial charge in [0.1, 0.15) is 5.76 Å². The fraction of sp³-hybridized carbons (Fsp3) is 0.185. The fourth-order valence-corrected chi connectivity index (χ4v) is 5.46. The SMILES string of the molecule is C=C(C)[C@H]1C[C@]2(C(=O)c3ccccc3C(O)=C2C(=O)OC)C2=C1C(=O)c1ccccc1C2=O. The first-order valence-corrected chi connectivity index (χ1v) is 10.5. The molecule has 1 N–H and O–H groups in total. The van der Waals surface area contributed by atoms with E-state index in [0.29, 0.717) is 5.57 Å². The van der Waals surface area contributed by atoms with Crippen molar-refractivity contribution in [1.82, 2.24) is 0 Å². The fourth-order valence-electron chi connectivity index (χ4n) is 5.46. The minimum atomic E-state index is -1.86. The van der Waals surface area contributed by atoms with Crippen molar-refractivity contribution in [2.24, 2.45) is 11.3 Å². The molecular weight excluding hydrogens is 420 g/mol. The van der Waals surface area contributed by atoms with Crippen molar-refractivity contribution < 1.29 is 29.0 Å². The van der Waals surface area contributed by atoms with E-state index in [2.05, 4.69) is 6.58 Å². The van der Waals surface area contributed by atoms with Gasteiger partial charge in [0.25, 0.3) is 0 Å². The number of carbonyl (C=O) groups is 4. The van der Waals surface area contributed by atoms with E-state index in [4.69, 9.17) is 4.74 Å². The molecule has 5 rings (SSSR count). The molecule has 2 aromatic rings. The van der Waals surface area contributed by atoms with Gasteiger partial charge in [-0.2, -0.15) is 0 Å². The van der Waals surface area contributed by atoms with Gasteiger partial charge in [0.15, 0.2) is 17.3 Å². The first-order chi connectivity index (χ1) is 15.8. The highest BCUT2D eigenvalue weighted by molar-refractivity contribution is 6.33. The standard InChI is InChI=1S/C27H20O6/c1-13(2)18-12-27(20-19(18)22(28)14-8-4-5-9-15(14)23(20)29)21(26(32)33-3)24(30)16-10-6-7-11-17(16)25(27)31/h4-11,18,30H,1,12H2,2-3H3/t18-,27+/m1/s1. The number of aliphatic hydroxyl groups excluding tert-OH is 1. The Labute approximate surface area is 189 Å². The molecular formula is C27H20O6. The molecule has 0 radical (unpaired) electrons. The van der Waals surface area contributed by atoms with Crippen molar-refractivity contribution in [2.75, 3.05) is 7.11 Å². The number of methoxy groups -OCH3 is 1. The molecule has 3 aliphatic carbocycles. The smallest absolute Gasteiger partial charge is 0.338 e. The summed E-state index contributed by atoms with van der Waals surface area (Å²) in [5.41, 5.74) is -0.718. The summed E-state index contributed by atoms with van der Waals surface area (Å²) >= 11 is 0. The van der Waals surface area contributed by atoms with E-state index in [1.807, 2.05) is 0 Å². The number of aliphatic hydroxyl groups is 1. The topological polar surface area (TPSA) is 97.7 Å². The maximum atomic E-state index is 14.1. The molecule has 164 valence electrons. The Kier molecular flexibility index (Phi) is 4.40. The van der Waals surface area contributed by atoms with Crippen LogP contribution in [0.25, 0.3) is 5.76 Å². The number of rotatable bonds is 2. The number of ketones is 3. The van der Waals surface area contributed by atoms with Crippen molar-refractivity contribution in [3.63, 3.8) is 0 Å². The number of fused-ring (bicyclic) bond motifs is 3. The number of esters is 1. The lowest BCUT2D eigenvalue weighted by atomic mass is 9.62. The third-order valence-corrected chi connectivity index (χ3v) is 6.91. The maximum Gasteiger partial charge on any atom is 0.338 e. The van der Waals surface area contributed by atoms with Gasteiger partial charge in [-0.05, 0) is 13.3 Å². The van der Waals surface area contributed by atoms with Crippen LogP contribution in [0.15, 0.2) is 77.4 Å². The molecule has 0 aromatic heterocycles. The average molecular weight is 440 g/mol. The Morgan fingerprint density at radius 3 is 2.09 bits per heavy atom. The maximum absolute atomic E-state index is 14.1. The van der Waals surface area contributed by atoms with E-state index in [-0.39, 0.29) is 51.2 Å². The quantitative estimate of drug-likeness (QED) is 0.553. The van der Waals surface area contributed by atoms with Crippen molar-refractivity contribution in [3.8, 4) is 0 Å². The lowest BCUT2D eigenvalue weighted by Gasteiger charge is -2.37. The summed E-state index contributed by atoms with van der Waals surface area (Å²) in [7, 11) is 1.14. The van der Waals surface area contributed by atoms with E-state index >= 15 is 0 Å². The molecule has 33 heavy (non-hydrogen) atoms. The Morgan fingerprint density at radius 2 is 1.52 bits per heavy atom. The van der Waals surface area contributed by atoms with E-state index in [1.54, 1.807) is 43.3 Å². The lowest BCUT2D eigenvalue weighted by Crippen LogP contribution is -2.43. The van der Waals surface area contributed by atoms with Gasteiger partial charge in [-0.3, -0.25) is 14.4 Å². The molecule has 0 heterocycles. The number of Topliss-reactive ketones (excluding diaryl/α,β-unsaturated/α-hetero) is 3. The molecule has 2 atom stereocenters. The van der Waals surface area contributed by atoms with Gasteiger partial charge in [-0.1, -0.05) is 60.7 Å². The van der Waals surface area contributed by atoms with Gasteiger partial charge in [-0.25, -0.2) is 4.79 Å². The highest BCUT2D eigenvalue weighted by Crippen LogP contribution is 2.60. The zero-order valence-corrected chi connectivity index (χ0v) is 18.1. The van der Waals surface area contributed by atoms with Gasteiger partial charge in [-0.15, -0.1) is 0 Å². The highest BCUT2D eigenvalue weighted by Gasteiger charge is 2.63. The summed E-state index contributed by atoms with van der Waals surface area (Å²) in [6.07, 6.45) is -0.0693. The van der Waals surface area contributed by atoms with Gasteiger partial charge in [0.05, 0.1) is 18.1 Å². The monoisotopic (exact) mass is 440 g/mol. The van der Waals surface area contributed by atoms with E-state index in [9.17, 15) is 24.3 Å². The predicted octanol–water partition coefficient (Wildman–Crippen LogP) is 4.28. The molecule has 6 heteroatoms. The zero-order chi connectivity index (χ0) is 23.7. The van der Waals surface area contributed by atoms with E-state index < -0.39 is 34.6 Å². The number of allylic oxidation sites excluding steroid dienone is 3. The summed E-state index contributed by atoms with van der Waals surface area (Å²) < 4.78 is 4.97. The molecule has 0 saturated heterocycles. The Hall–Kier alpha value is -4.06. The first-order valence-electron chi connectivity index (χ1n) is 10.5. The van der Waals surface area contributed by atoms with Crippen molar-refractivity contribution in [2.45, 2.75) is 13.3 Å². The van der Waals surface area contributed by atoms with Crippen LogP contribution in [-0.2, 0) is 9.53 Å². The number of hydrogen-bond acceptors (Lipinski definition) is 6. The summed E-state index contributed by atoms with van der Waals surface area (Å²) in [5.74, 6) is -3.40. The molecule has 0 aliphatic heterocycles. The number of benzene rings is 2. The van der Waals surface area contributed by atoms with Crippen LogP contribution < -0.4 is 0 Å². The summed E-state index contributed by atoms with van der Waals surface area (Å²) in [5, 5.41) is 11.2. The highest BCUT2D eigenvalue weighted by atomic mass is 16.5. The van der Waals surface area contributed by atoms with Crippen molar-refractivity contribution in [3.05, 3.63) is 99.7 Å². The summed E-state index contributed by atoms with van der Waals surface area (Å²) in [4.78, 5) is 54.6. The molecule has 0 amide bonds. The van der Waals surface area contributed by atoms with Crippen LogP contribution in [0.2, 0.25) is 0 Å². The minimum Gasteiger partial charge on any atom is -0.507 e. The molecule has 0 unspecified atom stereocenters. The molecule has 3 aliphatic rings. The van der Waals surface area contributed by atoms with Crippen LogP contribution in [0.4, 0.5) is 0 Å². The normalized spacial score (nSPS) is 23.5. The summed E-state index contributed by atoms with van der Waals surface area (Å²) in [6, 6.07) is 12.8. The van der Waals surface area contributed by atoms with E-state index in [1.165, 1.54) is 12.1 Å². The largest absolute Gasteiger partial charge is 0.507 e.